The SMILES string of the molecule is Cc1ccc(C(=O)N2[C@@H](c3ccc(C(F)(F)F)cc3)SC[C@H]2C(=O)O)cc1. The molecule has 1 aliphatic rings. The van der Waals surface area contributed by atoms with Gasteiger partial charge in [-0.25, -0.2) is 4.79 Å². The van der Waals surface area contributed by atoms with Crippen molar-refractivity contribution in [1.29, 1.82) is 0 Å². The molecular formula is C19H16F3NO3S. The molecule has 1 amide bonds. The van der Waals surface area contributed by atoms with Crippen LogP contribution in [0.15, 0.2) is 48.5 Å². The van der Waals surface area contributed by atoms with Gasteiger partial charge in [0.05, 0.1) is 5.56 Å². The third-order valence-corrected chi connectivity index (χ3v) is 5.66. The molecule has 27 heavy (non-hydrogen) atoms. The van der Waals surface area contributed by atoms with E-state index in [0.29, 0.717) is 11.1 Å². The van der Waals surface area contributed by atoms with Gasteiger partial charge in [-0.2, -0.15) is 13.2 Å². The van der Waals surface area contributed by atoms with Crippen LogP contribution in [0.4, 0.5) is 13.2 Å². The summed E-state index contributed by atoms with van der Waals surface area (Å²) in [5.74, 6) is -1.44. The van der Waals surface area contributed by atoms with Crippen molar-refractivity contribution >= 4 is 23.6 Å². The minimum Gasteiger partial charge on any atom is -0.480 e. The molecule has 2 aromatic carbocycles. The van der Waals surface area contributed by atoms with Gasteiger partial charge in [0.1, 0.15) is 11.4 Å². The fraction of sp³-hybridized carbons (Fsp3) is 0.263. The van der Waals surface area contributed by atoms with Crippen LogP contribution < -0.4 is 0 Å². The molecule has 4 nitrogen and oxygen atoms in total. The predicted molar refractivity (Wildman–Crippen MR) is 95.4 cm³/mol. The van der Waals surface area contributed by atoms with Crippen molar-refractivity contribution in [2.75, 3.05) is 5.75 Å². The van der Waals surface area contributed by atoms with Gasteiger partial charge in [-0.05, 0) is 36.8 Å². The van der Waals surface area contributed by atoms with E-state index >= 15 is 0 Å². The summed E-state index contributed by atoms with van der Waals surface area (Å²) in [6.07, 6.45) is -4.46. The number of halogens is 3. The Labute approximate surface area is 158 Å². The number of benzene rings is 2. The van der Waals surface area contributed by atoms with Crippen LogP contribution in [0.25, 0.3) is 0 Å². The maximum absolute atomic E-state index is 13.0. The maximum atomic E-state index is 13.0. The molecule has 1 fully saturated rings. The quantitative estimate of drug-likeness (QED) is 0.839. The molecule has 0 radical (unpaired) electrons. The second-order valence-corrected chi connectivity index (χ2v) is 7.35. The van der Waals surface area contributed by atoms with Crippen molar-refractivity contribution < 1.29 is 27.9 Å². The summed E-state index contributed by atoms with van der Waals surface area (Å²) >= 11 is 1.22. The van der Waals surface area contributed by atoms with Crippen molar-refractivity contribution in [3.8, 4) is 0 Å². The first-order valence-corrected chi connectivity index (χ1v) is 9.14. The molecule has 1 aliphatic heterocycles. The number of hydrogen-bond acceptors (Lipinski definition) is 3. The van der Waals surface area contributed by atoms with E-state index in [-0.39, 0.29) is 5.75 Å². The second kappa shape index (κ2) is 7.26. The molecule has 1 N–H and O–H groups in total. The van der Waals surface area contributed by atoms with E-state index < -0.39 is 35.0 Å². The van der Waals surface area contributed by atoms with Gasteiger partial charge in [0.2, 0.25) is 0 Å². The lowest BCUT2D eigenvalue weighted by Gasteiger charge is -2.28. The van der Waals surface area contributed by atoms with Crippen LogP contribution in [0.5, 0.6) is 0 Å². The summed E-state index contributed by atoms with van der Waals surface area (Å²) in [6.45, 7) is 1.87. The van der Waals surface area contributed by atoms with E-state index in [2.05, 4.69) is 0 Å². The van der Waals surface area contributed by atoms with E-state index in [1.165, 1.54) is 28.8 Å². The predicted octanol–water partition coefficient (Wildman–Crippen LogP) is 4.35. The molecule has 2 atom stereocenters. The van der Waals surface area contributed by atoms with Crippen LogP contribution in [0.1, 0.15) is 32.4 Å². The number of alkyl halides is 3. The first-order valence-electron chi connectivity index (χ1n) is 8.09. The van der Waals surface area contributed by atoms with Crippen LogP contribution in [-0.4, -0.2) is 33.7 Å². The van der Waals surface area contributed by atoms with E-state index in [1.54, 1.807) is 24.3 Å². The first kappa shape index (κ1) is 19.3. The van der Waals surface area contributed by atoms with Crippen LogP contribution in [0, 0.1) is 6.92 Å². The topological polar surface area (TPSA) is 57.6 Å². The number of thioether (sulfide) groups is 1. The zero-order valence-electron chi connectivity index (χ0n) is 14.2. The van der Waals surface area contributed by atoms with E-state index in [0.717, 1.165) is 17.7 Å². The molecule has 0 unspecified atom stereocenters. The third kappa shape index (κ3) is 3.95. The number of carbonyl (C=O) groups is 2. The minimum absolute atomic E-state index is 0.165. The molecule has 2 aromatic rings. The fourth-order valence-corrected chi connectivity index (χ4v) is 4.30. The lowest BCUT2D eigenvalue weighted by atomic mass is 10.1. The van der Waals surface area contributed by atoms with Gasteiger partial charge in [-0.3, -0.25) is 4.79 Å². The number of hydrogen-bond donors (Lipinski definition) is 1. The zero-order chi connectivity index (χ0) is 19.8. The summed E-state index contributed by atoms with van der Waals surface area (Å²) < 4.78 is 38.3. The Morgan fingerprint density at radius 3 is 2.19 bits per heavy atom. The molecule has 0 saturated carbocycles. The van der Waals surface area contributed by atoms with Gasteiger partial charge in [0.25, 0.3) is 5.91 Å². The van der Waals surface area contributed by atoms with Gasteiger partial charge in [-0.15, -0.1) is 11.8 Å². The normalized spacial score (nSPS) is 19.9. The Kier molecular flexibility index (Phi) is 5.19. The van der Waals surface area contributed by atoms with Crippen molar-refractivity contribution in [2.24, 2.45) is 0 Å². The average molecular weight is 395 g/mol. The Bertz CT molecular complexity index is 850. The highest BCUT2D eigenvalue weighted by molar-refractivity contribution is 7.99. The largest absolute Gasteiger partial charge is 0.480 e. The van der Waals surface area contributed by atoms with Crippen molar-refractivity contribution in [2.45, 2.75) is 24.5 Å². The van der Waals surface area contributed by atoms with Gasteiger partial charge in [0.15, 0.2) is 0 Å². The lowest BCUT2D eigenvalue weighted by molar-refractivity contribution is -0.141. The van der Waals surface area contributed by atoms with Crippen LogP contribution in [0.2, 0.25) is 0 Å². The van der Waals surface area contributed by atoms with E-state index in [9.17, 15) is 27.9 Å². The van der Waals surface area contributed by atoms with Crippen LogP contribution in [0.3, 0.4) is 0 Å². The molecule has 0 spiro atoms. The fourth-order valence-electron chi connectivity index (χ4n) is 2.88. The minimum atomic E-state index is -4.46. The van der Waals surface area contributed by atoms with Crippen LogP contribution in [-0.2, 0) is 11.0 Å². The number of aryl methyl sites for hydroxylation is 1. The summed E-state index contributed by atoms with van der Waals surface area (Å²) in [4.78, 5) is 25.8. The van der Waals surface area contributed by atoms with Gasteiger partial charge in [0, 0.05) is 11.3 Å². The number of nitrogens with zero attached hydrogens (tertiary/aromatic N) is 1. The standard InChI is InChI=1S/C19H16F3NO3S/c1-11-2-4-12(5-3-11)16(24)23-15(18(25)26)10-27-17(23)13-6-8-14(9-7-13)19(20,21)22/h2-9,15,17H,10H2,1H3,(H,25,26)/t15-,17+/m0/s1. The molecule has 0 bridgehead atoms. The number of amides is 1. The molecule has 1 heterocycles. The summed E-state index contributed by atoms with van der Waals surface area (Å²) in [5, 5.41) is 8.82. The number of aliphatic carboxylic acids is 1. The highest BCUT2D eigenvalue weighted by Gasteiger charge is 2.43. The Balaban J connectivity index is 1.95. The summed E-state index contributed by atoms with van der Waals surface area (Å²) in [7, 11) is 0. The molecule has 3 rings (SSSR count). The first-order chi connectivity index (χ1) is 12.7. The van der Waals surface area contributed by atoms with Crippen LogP contribution >= 0.6 is 11.8 Å². The van der Waals surface area contributed by atoms with E-state index in [4.69, 9.17) is 0 Å². The number of carbonyl (C=O) groups excluding carboxylic acids is 1. The molecule has 0 aromatic heterocycles. The molecule has 8 heteroatoms. The number of carboxylic acid groups (broad SMARTS) is 1. The number of rotatable bonds is 3. The van der Waals surface area contributed by atoms with Gasteiger partial charge in [-0.1, -0.05) is 29.8 Å². The third-order valence-electron chi connectivity index (χ3n) is 4.34. The average Bonchev–Trinajstić information content (AvgIpc) is 3.06. The Morgan fingerprint density at radius 1 is 1.07 bits per heavy atom. The van der Waals surface area contributed by atoms with Crippen molar-refractivity contribution in [3.63, 3.8) is 0 Å². The zero-order valence-corrected chi connectivity index (χ0v) is 15.1. The van der Waals surface area contributed by atoms with Gasteiger partial charge >= 0.3 is 12.1 Å². The highest BCUT2D eigenvalue weighted by atomic mass is 32.2. The number of carboxylic acids is 1. The Hall–Kier alpha value is -2.48. The van der Waals surface area contributed by atoms with Gasteiger partial charge < -0.3 is 10.0 Å². The highest BCUT2D eigenvalue weighted by Crippen LogP contribution is 2.43. The molecule has 1 saturated heterocycles. The second-order valence-electron chi connectivity index (χ2n) is 6.24. The molecule has 142 valence electrons. The van der Waals surface area contributed by atoms with Crippen molar-refractivity contribution in [3.05, 3.63) is 70.8 Å². The monoisotopic (exact) mass is 395 g/mol. The Morgan fingerprint density at radius 2 is 1.67 bits per heavy atom. The van der Waals surface area contributed by atoms with E-state index in [1.807, 2.05) is 6.92 Å². The summed E-state index contributed by atoms with van der Waals surface area (Å²) in [5.41, 5.74) is 0.959. The van der Waals surface area contributed by atoms with Crippen molar-refractivity contribution in [1.82, 2.24) is 4.90 Å². The smallest absolute Gasteiger partial charge is 0.416 e. The summed E-state index contributed by atoms with van der Waals surface area (Å²) in [6, 6.07) is 10.2. The lowest BCUT2D eigenvalue weighted by Crippen LogP contribution is -2.43. The molecular weight excluding hydrogens is 379 g/mol. The molecule has 0 aliphatic carbocycles. The maximum Gasteiger partial charge on any atom is 0.416 e.